The van der Waals surface area contributed by atoms with Crippen molar-refractivity contribution in [1.82, 2.24) is 9.88 Å². The van der Waals surface area contributed by atoms with Crippen LogP contribution in [0.15, 0.2) is 65.7 Å². The maximum absolute atomic E-state index is 13.0. The highest BCUT2D eigenvalue weighted by Gasteiger charge is 2.43. The number of aromatic nitrogens is 1. The highest BCUT2D eigenvalue weighted by Crippen LogP contribution is 2.38. The van der Waals surface area contributed by atoms with Gasteiger partial charge in [-0.25, -0.2) is 9.69 Å². The number of fused-ring (bicyclic) bond motifs is 1. The number of hydrogen-bond donors (Lipinski definition) is 0. The minimum absolute atomic E-state index is 0.0153. The number of rotatable bonds is 4. The maximum Gasteiger partial charge on any atom is 0.446 e. The van der Waals surface area contributed by atoms with Crippen LogP contribution in [0.4, 0.5) is 23.7 Å². The molecule has 0 bridgehead atoms. The van der Waals surface area contributed by atoms with Gasteiger partial charge in [0.05, 0.1) is 11.2 Å². The van der Waals surface area contributed by atoms with Gasteiger partial charge in [-0.05, 0) is 60.6 Å². The van der Waals surface area contributed by atoms with Crippen molar-refractivity contribution in [1.29, 1.82) is 0 Å². The van der Waals surface area contributed by atoms with Crippen LogP contribution < -0.4 is 4.90 Å². The number of hydrogen-bond acceptors (Lipinski definition) is 4. The van der Waals surface area contributed by atoms with Crippen LogP contribution in [0.2, 0.25) is 0 Å². The lowest BCUT2D eigenvalue weighted by atomic mass is 10.1. The maximum atomic E-state index is 13.0. The molecule has 0 radical (unpaired) electrons. The second kappa shape index (κ2) is 7.64. The summed E-state index contributed by atoms with van der Waals surface area (Å²) in [6, 6.07) is 13.3. The summed E-state index contributed by atoms with van der Waals surface area (Å²) in [4.78, 5) is 32.5. The lowest BCUT2D eigenvalue weighted by Crippen LogP contribution is -2.33. The van der Waals surface area contributed by atoms with E-state index in [1.807, 2.05) is 24.3 Å². The largest absolute Gasteiger partial charge is 0.446 e. The van der Waals surface area contributed by atoms with Crippen LogP contribution in [0.5, 0.6) is 0 Å². The molecule has 0 unspecified atom stereocenters. The Bertz CT molecular complexity index is 1110. The van der Waals surface area contributed by atoms with Crippen molar-refractivity contribution in [3.05, 3.63) is 66.4 Å². The molecule has 0 saturated carbocycles. The number of urea groups is 1. The van der Waals surface area contributed by atoms with Crippen LogP contribution in [0, 0.1) is 0 Å². The highest BCUT2D eigenvalue weighted by atomic mass is 32.2. The number of para-hydroxylation sites is 1. The second-order valence-electron chi connectivity index (χ2n) is 6.79. The molecule has 3 aromatic rings. The van der Waals surface area contributed by atoms with Crippen LogP contribution in [0.3, 0.4) is 0 Å². The minimum Gasteiger partial charge on any atom is -0.308 e. The smallest absolute Gasteiger partial charge is 0.308 e. The lowest BCUT2D eigenvalue weighted by Gasteiger charge is -2.20. The van der Waals surface area contributed by atoms with Crippen molar-refractivity contribution in [3.63, 3.8) is 0 Å². The Hall–Kier alpha value is -3.07. The van der Waals surface area contributed by atoms with Gasteiger partial charge in [0.2, 0.25) is 0 Å². The summed E-state index contributed by atoms with van der Waals surface area (Å²) in [5.74, 6) is -0.422. The number of carbonyl (C=O) groups excluding carboxylic acids is 2. The van der Waals surface area contributed by atoms with Gasteiger partial charge < -0.3 is 4.90 Å². The fraction of sp³-hybridized carbons (Fsp3) is 0.190. The van der Waals surface area contributed by atoms with E-state index in [1.54, 1.807) is 19.2 Å². The predicted molar refractivity (Wildman–Crippen MR) is 108 cm³/mol. The van der Waals surface area contributed by atoms with Crippen LogP contribution in [0.25, 0.3) is 10.9 Å². The van der Waals surface area contributed by atoms with Gasteiger partial charge in [0, 0.05) is 23.0 Å². The van der Waals surface area contributed by atoms with Crippen molar-refractivity contribution >= 4 is 40.3 Å². The first-order valence-electron chi connectivity index (χ1n) is 9.07. The molecule has 2 heterocycles. The number of anilines is 1. The molecule has 5 nitrogen and oxygen atoms in total. The number of benzene rings is 2. The number of halogens is 3. The predicted octanol–water partition coefficient (Wildman–Crippen LogP) is 5.20. The van der Waals surface area contributed by atoms with Crippen molar-refractivity contribution in [2.45, 2.75) is 29.9 Å². The van der Waals surface area contributed by atoms with Gasteiger partial charge in [0.15, 0.2) is 0 Å². The molecule has 0 aliphatic carbocycles. The van der Waals surface area contributed by atoms with Gasteiger partial charge >= 0.3 is 11.5 Å². The van der Waals surface area contributed by atoms with Gasteiger partial charge in [-0.3, -0.25) is 9.78 Å². The fourth-order valence-electron chi connectivity index (χ4n) is 3.42. The van der Waals surface area contributed by atoms with Gasteiger partial charge in [0.25, 0.3) is 5.91 Å². The van der Waals surface area contributed by atoms with E-state index in [0.29, 0.717) is 0 Å². The standard InChI is InChI=1S/C21H16F3N3O2S/c1-13-19(28)27(15-6-8-16(9-7-15)30-21(22,23)24)20(29)26(13)12-14-10-11-25-18-5-3-2-4-17(14)18/h2-11,13H,12H2,1H3/t13-/m1/s1. The number of pyridine rings is 1. The summed E-state index contributed by atoms with van der Waals surface area (Å²) in [5, 5.41) is 0.888. The van der Waals surface area contributed by atoms with Gasteiger partial charge in [-0.15, -0.1) is 0 Å². The van der Waals surface area contributed by atoms with E-state index >= 15 is 0 Å². The molecular weight excluding hydrogens is 415 g/mol. The van der Waals surface area contributed by atoms with E-state index in [2.05, 4.69) is 4.98 Å². The summed E-state index contributed by atoms with van der Waals surface area (Å²) in [6.07, 6.45) is 1.65. The Labute approximate surface area is 174 Å². The number of alkyl halides is 3. The zero-order chi connectivity index (χ0) is 21.5. The van der Waals surface area contributed by atoms with E-state index in [0.717, 1.165) is 21.4 Å². The average Bonchev–Trinajstić information content (AvgIpc) is 2.91. The summed E-state index contributed by atoms with van der Waals surface area (Å²) in [5.41, 5.74) is -2.52. The molecule has 30 heavy (non-hydrogen) atoms. The SMILES string of the molecule is C[C@@H]1C(=O)N(c2ccc(SC(F)(F)F)cc2)C(=O)N1Cc1ccnc2ccccc12. The molecule has 2 aromatic carbocycles. The first kappa shape index (κ1) is 20.2. The van der Waals surface area contributed by atoms with Crippen LogP contribution in [-0.4, -0.2) is 33.4 Å². The molecule has 4 rings (SSSR count). The van der Waals surface area contributed by atoms with Crippen molar-refractivity contribution in [2.24, 2.45) is 0 Å². The minimum atomic E-state index is -4.40. The van der Waals surface area contributed by atoms with E-state index < -0.39 is 23.5 Å². The molecule has 0 N–H and O–H groups in total. The monoisotopic (exact) mass is 431 g/mol. The van der Waals surface area contributed by atoms with Crippen LogP contribution in [-0.2, 0) is 11.3 Å². The Balaban J connectivity index is 1.59. The molecule has 1 aliphatic rings. The van der Waals surface area contributed by atoms with Gasteiger partial charge in [-0.2, -0.15) is 13.2 Å². The lowest BCUT2D eigenvalue weighted by molar-refractivity contribution is -0.119. The number of carbonyl (C=O) groups is 2. The van der Waals surface area contributed by atoms with Gasteiger partial charge in [0.1, 0.15) is 6.04 Å². The third-order valence-electron chi connectivity index (χ3n) is 4.89. The van der Waals surface area contributed by atoms with E-state index in [1.165, 1.54) is 29.2 Å². The molecule has 154 valence electrons. The molecule has 1 aliphatic heterocycles. The number of imide groups is 1. The zero-order valence-electron chi connectivity index (χ0n) is 15.8. The second-order valence-corrected chi connectivity index (χ2v) is 7.93. The highest BCUT2D eigenvalue weighted by molar-refractivity contribution is 8.00. The number of amides is 3. The molecule has 1 fully saturated rings. The molecule has 1 aromatic heterocycles. The molecule has 1 atom stereocenters. The molecule has 3 amide bonds. The third kappa shape index (κ3) is 3.85. The van der Waals surface area contributed by atoms with Crippen molar-refractivity contribution < 1.29 is 22.8 Å². The third-order valence-corrected chi connectivity index (χ3v) is 5.63. The van der Waals surface area contributed by atoms with E-state index in [4.69, 9.17) is 0 Å². The average molecular weight is 431 g/mol. The molecule has 9 heteroatoms. The zero-order valence-corrected chi connectivity index (χ0v) is 16.6. The summed E-state index contributed by atoms with van der Waals surface area (Å²) < 4.78 is 37.6. The van der Waals surface area contributed by atoms with Crippen molar-refractivity contribution in [3.8, 4) is 0 Å². The Morgan fingerprint density at radius 1 is 1.03 bits per heavy atom. The number of nitrogens with zero attached hydrogens (tertiary/aromatic N) is 3. The Morgan fingerprint density at radius 3 is 2.43 bits per heavy atom. The van der Waals surface area contributed by atoms with Gasteiger partial charge in [-0.1, -0.05) is 18.2 Å². The summed E-state index contributed by atoms with van der Waals surface area (Å²) >= 11 is -0.247. The number of thioether (sulfide) groups is 1. The fourth-order valence-corrected chi connectivity index (χ4v) is 3.96. The molecule has 0 spiro atoms. The molecule has 1 saturated heterocycles. The van der Waals surface area contributed by atoms with Crippen molar-refractivity contribution in [2.75, 3.05) is 4.90 Å². The Kier molecular flexibility index (Phi) is 5.15. The topological polar surface area (TPSA) is 53.5 Å². The summed E-state index contributed by atoms with van der Waals surface area (Å²) in [7, 11) is 0. The quantitative estimate of drug-likeness (QED) is 0.421. The normalized spacial score (nSPS) is 17.3. The summed E-state index contributed by atoms with van der Waals surface area (Å²) in [6.45, 7) is 1.85. The van der Waals surface area contributed by atoms with Crippen LogP contribution >= 0.6 is 11.8 Å². The first-order chi connectivity index (χ1) is 14.2. The van der Waals surface area contributed by atoms with Crippen LogP contribution in [0.1, 0.15) is 12.5 Å². The molecular formula is C21H16F3N3O2S. The van der Waals surface area contributed by atoms with E-state index in [9.17, 15) is 22.8 Å². The van der Waals surface area contributed by atoms with E-state index in [-0.39, 0.29) is 28.9 Å². The Morgan fingerprint density at radius 2 is 1.73 bits per heavy atom. The first-order valence-corrected chi connectivity index (χ1v) is 9.89.